The molecular weight excluding hydrogens is 456 g/mol. The molecule has 3 nitrogen and oxygen atoms in total. The van der Waals surface area contributed by atoms with Gasteiger partial charge in [0.15, 0.2) is 5.78 Å². The highest BCUT2D eigenvalue weighted by Gasteiger charge is 2.61. The van der Waals surface area contributed by atoms with Gasteiger partial charge in [-0.15, -0.1) is 0 Å². The van der Waals surface area contributed by atoms with Gasteiger partial charge in [-0.2, -0.15) is 0 Å². The molecule has 0 aliphatic heterocycles. The van der Waals surface area contributed by atoms with E-state index < -0.39 is 0 Å². The molecule has 0 amide bonds. The molecule has 0 N–H and O–H groups in total. The number of carbonyl (C=O) groups excluding carboxylic acids is 2. The van der Waals surface area contributed by atoms with Crippen molar-refractivity contribution in [3.05, 3.63) is 47.5 Å². The summed E-state index contributed by atoms with van der Waals surface area (Å²) >= 11 is 0. The van der Waals surface area contributed by atoms with Gasteiger partial charge in [-0.3, -0.25) is 4.79 Å². The molecule has 0 radical (unpaired) electrons. The summed E-state index contributed by atoms with van der Waals surface area (Å²) < 4.78 is 5.92. The smallest absolute Gasteiger partial charge is 0.338 e. The first-order valence-electron chi connectivity index (χ1n) is 15.1. The number of benzene rings is 1. The van der Waals surface area contributed by atoms with Crippen molar-refractivity contribution in [1.82, 2.24) is 0 Å². The second-order valence-corrected chi connectivity index (χ2v) is 13.9. The molecule has 1 aromatic rings. The average molecular weight is 505 g/mol. The third-order valence-corrected chi connectivity index (χ3v) is 11.4. The van der Waals surface area contributed by atoms with Gasteiger partial charge < -0.3 is 4.74 Å². The molecule has 0 bridgehead atoms. The van der Waals surface area contributed by atoms with Crippen LogP contribution in [0.15, 0.2) is 42.0 Å². The minimum absolute atomic E-state index is 0.0660. The second-order valence-electron chi connectivity index (χ2n) is 13.9. The van der Waals surface area contributed by atoms with E-state index in [-0.39, 0.29) is 23.4 Å². The fourth-order valence-electron chi connectivity index (χ4n) is 9.29. The number of hydrogen-bond acceptors (Lipinski definition) is 3. The Balaban J connectivity index is 1.30. The molecule has 6 unspecified atom stereocenters. The van der Waals surface area contributed by atoms with Gasteiger partial charge >= 0.3 is 5.97 Å². The van der Waals surface area contributed by atoms with Crippen LogP contribution in [0.4, 0.5) is 0 Å². The zero-order valence-corrected chi connectivity index (χ0v) is 23.8. The zero-order valence-electron chi connectivity index (χ0n) is 23.8. The topological polar surface area (TPSA) is 43.4 Å². The summed E-state index contributed by atoms with van der Waals surface area (Å²) in [5, 5.41) is 0. The molecule has 0 heterocycles. The summed E-state index contributed by atoms with van der Waals surface area (Å²) in [6, 6.07) is 9.26. The lowest BCUT2D eigenvalue weighted by Gasteiger charge is -2.57. The van der Waals surface area contributed by atoms with Gasteiger partial charge in [0.25, 0.3) is 0 Å². The lowest BCUT2D eigenvalue weighted by Crippen LogP contribution is -2.53. The Morgan fingerprint density at radius 3 is 2.46 bits per heavy atom. The lowest BCUT2D eigenvalue weighted by atomic mass is 9.46. The van der Waals surface area contributed by atoms with Crippen molar-refractivity contribution in [2.24, 2.45) is 46.3 Å². The Hall–Kier alpha value is -1.90. The largest absolute Gasteiger partial charge is 0.458 e. The Morgan fingerprint density at radius 1 is 0.973 bits per heavy atom. The molecule has 202 valence electrons. The van der Waals surface area contributed by atoms with Crippen LogP contribution < -0.4 is 0 Å². The number of allylic oxidation sites excluding steroid dienone is 1. The number of rotatable bonds is 7. The van der Waals surface area contributed by atoms with Crippen LogP contribution in [0.2, 0.25) is 0 Å². The van der Waals surface area contributed by atoms with Crippen molar-refractivity contribution in [3.63, 3.8) is 0 Å². The van der Waals surface area contributed by atoms with Gasteiger partial charge in [0.2, 0.25) is 0 Å². The monoisotopic (exact) mass is 504 g/mol. The van der Waals surface area contributed by atoms with Crippen LogP contribution in [-0.4, -0.2) is 17.9 Å². The van der Waals surface area contributed by atoms with Gasteiger partial charge in [-0.1, -0.05) is 77.7 Å². The number of ether oxygens (including phenoxy) is 1. The normalized spacial score (nSPS) is 37.8. The van der Waals surface area contributed by atoms with Crippen LogP contribution in [0.1, 0.15) is 109 Å². The lowest BCUT2D eigenvalue weighted by molar-refractivity contribution is -0.135. The maximum Gasteiger partial charge on any atom is 0.338 e. The molecular formula is C34H48O3. The third-order valence-electron chi connectivity index (χ3n) is 11.4. The molecule has 1 aromatic carbocycles. The predicted molar refractivity (Wildman–Crippen MR) is 149 cm³/mol. The quantitative estimate of drug-likeness (QED) is 0.350. The van der Waals surface area contributed by atoms with E-state index in [0.717, 1.165) is 30.6 Å². The van der Waals surface area contributed by atoms with Crippen molar-refractivity contribution < 1.29 is 14.3 Å². The summed E-state index contributed by atoms with van der Waals surface area (Å²) in [7, 11) is 0. The molecule has 3 fully saturated rings. The summed E-state index contributed by atoms with van der Waals surface area (Å²) in [5.74, 6) is 3.57. The minimum Gasteiger partial charge on any atom is -0.458 e. The van der Waals surface area contributed by atoms with E-state index in [9.17, 15) is 9.59 Å². The summed E-state index contributed by atoms with van der Waals surface area (Å²) in [4.78, 5) is 26.5. The van der Waals surface area contributed by atoms with E-state index >= 15 is 0 Å². The first kappa shape index (κ1) is 26.7. The summed E-state index contributed by atoms with van der Waals surface area (Å²) in [6.45, 7) is 12.1. The molecule has 3 heteroatoms. The van der Waals surface area contributed by atoms with E-state index in [1.54, 1.807) is 0 Å². The van der Waals surface area contributed by atoms with Crippen LogP contribution in [0.25, 0.3) is 0 Å². The molecule has 3 saturated carbocycles. The fourth-order valence-corrected chi connectivity index (χ4v) is 9.29. The molecule has 8 atom stereocenters. The van der Waals surface area contributed by atoms with Crippen molar-refractivity contribution in [3.8, 4) is 0 Å². The van der Waals surface area contributed by atoms with Crippen molar-refractivity contribution in [1.29, 1.82) is 0 Å². The molecule has 4 aliphatic rings. The molecule has 5 rings (SSSR count). The fraction of sp³-hybridized carbons (Fsp3) is 0.706. The maximum atomic E-state index is 13.8. The highest BCUT2D eigenvalue weighted by molar-refractivity contribution is 5.94. The van der Waals surface area contributed by atoms with Crippen LogP contribution >= 0.6 is 0 Å². The van der Waals surface area contributed by atoms with E-state index in [2.05, 4.69) is 34.6 Å². The Kier molecular flexibility index (Phi) is 7.46. The second kappa shape index (κ2) is 10.3. The number of hydrogen-bond donors (Lipinski definition) is 0. The standard InChI is InChI=1S/C34H48O3/c1-22(2)10-9-11-23(3)27-14-15-28-31-29(17-19-34(27,28)5)33(4)18-16-26(20-25(33)21-30(31)35)37-32(36)24-12-7-6-8-13-24/h6-8,12-13,21-23,26-29,31H,9-11,14-20H2,1-5H3/t23?,26?,27?,28?,29?,31?,33-,34+/m0/s1. The number of carbonyl (C=O) groups is 2. The summed E-state index contributed by atoms with van der Waals surface area (Å²) in [6.07, 6.45) is 13.4. The maximum absolute atomic E-state index is 13.8. The first-order valence-corrected chi connectivity index (χ1v) is 15.1. The van der Waals surface area contributed by atoms with Gasteiger partial charge in [-0.25, -0.2) is 4.79 Å². The van der Waals surface area contributed by atoms with E-state index in [1.165, 1.54) is 50.5 Å². The predicted octanol–water partition coefficient (Wildman–Crippen LogP) is 8.43. The van der Waals surface area contributed by atoms with E-state index in [4.69, 9.17) is 4.74 Å². The Labute approximate surface area is 224 Å². The number of ketones is 1. The average Bonchev–Trinajstić information content (AvgIpc) is 3.22. The molecule has 0 aromatic heterocycles. The molecule has 37 heavy (non-hydrogen) atoms. The SMILES string of the molecule is CC(C)CCCC(C)C1CCC2C3C(=O)C=C4CC(OC(=O)c5ccccc5)CC[C@]4(C)C3CC[C@]12C. The first-order chi connectivity index (χ1) is 17.6. The van der Waals surface area contributed by atoms with Gasteiger partial charge in [-0.05, 0) is 97.2 Å². The van der Waals surface area contributed by atoms with Gasteiger partial charge in [0, 0.05) is 12.3 Å². The Bertz CT molecular complexity index is 1020. The zero-order chi connectivity index (χ0) is 26.4. The third kappa shape index (κ3) is 4.85. The van der Waals surface area contributed by atoms with Crippen LogP contribution in [0.3, 0.4) is 0 Å². The number of fused-ring (bicyclic) bond motifs is 5. The van der Waals surface area contributed by atoms with Crippen molar-refractivity contribution in [2.45, 2.75) is 105 Å². The van der Waals surface area contributed by atoms with E-state index in [0.29, 0.717) is 35.0 Å². The van der Waals surface area contributed by atoms with Gasteiger partial charge in [0.1, 0.15) is 6.10 Å². The molecule has 0 spiro atoms. The Morgan fingerprint density at radius 2 is 1.73 bits per heavy atom. The minimum atomic E-state index is -0.247. The van der Waals surface area contributed by atoms with Crippen molar-refractivity contribution >= 4 is 11.8 Å². The van der Waals surface area contributed by atoms with Gasteiger partial charge in [0.05, 0.1) is 5.56 Å². The van der Waals surface area contributed by atoms with E-state index in [1.807, 2.05) is 36.4 Å². The highest BCUT2D eigenvalue weighted by Crippen LogP contribution is 2.66. The number of esters is 1. The molecule has 4 aliphatic carbocycles. The van der Waals surface area contributed by atoms with Crippen LogP contribution in [-0.2, 0) is 9.53 Å². The van der Waals surface area contributed by atoms with Crippen LogP contribution in [0.5, 0.6) is 0 Å². The highest BCUT2D eigenvalue weighted by atomic mass is 16.5. The van der Waals surface area contributed by atoms with Crippen molar-refractivity contribution in [2.75, 3.05) is 0 Å². The molecule has 0 saturated heterocycles. The van der Waals surface area contributed by atoms with Crippen LogP contribution in [0, 0.1) is 46.3 Å². The summed E-state index contributed by atoms with van der Waals surface area (Å²) in [5.41, 5.74) is 2.22.